The summed E-state index contributed by atoms with van der Waals surface area (Å²) in [7, 11) is 0. The van der Waals surface area contributed by atoms with Crippen molar-refractivity contribution in [2.45, 2.75) is 51.3 Å². The lowest BCUT2D eigenvalue weighted by Gasteiger charge is -2.27. The lowest BCUT2D eigenvalue weighted by atomic mass is 9.81. The van der Waals surface area contributed by atoms with Crippen LogP contribution in [-0.2, 0) is 0 Å². The minimum atomic E-state index is -0.229. The van der Waals surface area contributed by atoms with E-state index in [2.05, 4.69) is 22.4 Å². The van der Waals surface area contributed by atoms with E-state index in [9.17, 15) is 0 Å². The molecule has 4 nitrogen and oxygen atoms in total. The third kappa shape index (κ3) is 3.61. The normalized spacial score (nSPS) is 25.9. The molecule has 1 aliphatic rings. The number of nitrogens with one attached hydrogen (secondary N) is 1. The average Bonchev–Trinajstić information content (AvgIpc) is 2.86. The molecule has 1 fully saturated rings. The highest BCUT2D eigenvalue weighted by Gasteiger charge is 2.20. The van der Waals surface area contributed by atoms with Gasteiger partial charge in [0.05, 0.1) is 0 Å². The highest BCUT2D eigenvalue weighted by atomic mass is 35.5. The maximum Gasteiger partial charge on any atom is 0.315 e. The SMILES string of the molecule is CCC1CCC(CNc2nnc(C(C)Cl)o2)CC1. The first kappa shape index (κ1) is 13.7. The van der Waals surface area contributed by atoms with Crippen molar-refractivity contribution in [1.29, 1.82) is 0 Å². The highest BCUT2D eigenvalue weighted by Crippen LogP contribution is 2.30. The molecule has 102 valence electrons. The highest BCUT2D eigenvalue weighted by molar-refractivity contribution is 6.20. The number of aromatic nitrogens is 2. The van der Waals surface area contributed by atoms with Gasteiger partial charge in [-0.2, -0.15) is 0 Å². The number of alkyl halides is 1. The lowest BCUT2D eigenvalue weighted by Crippen LogP contribution is -2.21. The Morgan fingerprint density at radius 2 is 1.94 bits per heavy atom. The van der Waals surface area contributed by atoms with Gasteiger partial charge in [-0.3, -0.25) is 0 Å². The van der Waals surface area contributed by atoms with Gasteiger partial charge in [-0.15, -0.1) is 16.7 Å². The van der Waals surface area contributed by atoms with Gasteiger partial charge in [0, 0.05) is 6.54 Å². The molecule has 1 aliphatic carbocycles. The van der Waals surface area contributed by atoms with Crippen LogP contribution in [0.3, 0.4) is 0 Å². The van der Waals surface area contributed by atoms with Crippen molar-refractivity contribution in [1.82, 2.24) is 10.2 Å². The van der Waals surface area contributed by atoms with Crippen molar-refractivity contribution in [2.75, 3.05) is 11.9 Å². The molecular formula is C13H22ClN3O. The molecule has 0 amide bonds. The van der Waals surface area contributed by atoms with Crippen LogP contribution < -0.4 is 5.32 Å². The van der Waals surface area contributed by atoms with Crippen LogP contribution >= 0.6 is 11.6 Å². The van der Waals surface area contributed by atoms with Crippen LogP contribution in [0.2, 0.25) is 0 Å². The van der Waals surface area contributed by atoms with E-state index in [0.29, 0.717) is 11.9 Å². The van der Waals surface area contributed by atoms with E-state index in [1.807, 2.05) is 6.92 Å². The Bertz CT molecular complexity index is 359. The molecule has 0 spiro atoms. The van der Waals surface area contributed by atoms with E-state index < -0.39 is 0 Å². The Labute approximate surface area is 113 Å². The summed E-state index contributed by atoms with van der Waals surface area (Å²) in [5.41, 5.74) is 0. The Kier molecular flexibility index (Phi) is 4.87. The van der Waals surface area contributed by atoms with E-state index in [4.69, 9.17) is 16.0 Å². The van der Waals surface area contributed by atoms with Gasteiger partial charge in [-0.1, -0.05) is 31.3 Å². The molecule has 1 unspecified atom stereocenters. The molecule has 1 heterocycles. The number of anilines is 1. The standard InChI is InChI=1S/C13H22ClN3O/c1-3-10-4-6-11(7-5-10)8-15-13-17-16-12(18-13)9(2)14/h9-11H,3-8H2,1-2H3,(H,15,17). The third-order valence-electron chi connectivity index (χ3n) is 3.87. The summed E-state index contributed by atoms with van der Waals surface area (Å²) in [5, 5.41) is 10.8. The molecule has 0 aliphatic heterocycles. The van der Waals surface area contributed by atoms with Gasteiger partial charge < -0.3 is 9.73 Å². The summed E-state index contributed by atoms with van der Waals surface area (Å²) in [6, 6.07) is 0.495. The Morgan fingerprint density at radius 1 is 1.28 bits per heavy atom. The summed E-state index contributed by atoms with van der Waals surface area (Å²) in [6.07, 6.45) is 6.64. The Hall–Kier alpha value is -0.770. The second-order valence-electron chi connectivity index (χ2n) is 5.24. The molecule has 1 aromatic rings. The molecule has 0 saturated heterocycles. The number of nitrogens with zero attached hydrogens (tertiary/aromatic N) is 2. The maximum absolute atomic E-state index is 5.87. The first-order valence-electron chi connectivity index (χ1n) is 6.90. The van der Waals surface area contributed by atoms with Gasteiger partial charge in [-0.05, 0) is 31.6 Å². The van der Waals surface area contributed by atoms with Gasteiger partial charge in [-0.25, -0.2) is 0 Å². The second-order valence-corrected chi connectivity index (χ2v) is 5.89. The van der Waals surface area contributed by atoms with Crippen LogP contribution in [0.4, 0.5) is 6.01 Å². The van der Waals surface area contributed by atoms with Gasteiger partial charge in [0.1, 0.15) is 5.38 Å². The second kappa shape index (κ2) is 6.41. The fourth-order valence-electron chi connectivity index (χ4n) is 2.54. The van der Waals surface area contributed by atoms with Crippen LogP contribution in [0.1, 0.15) is 57.2 Å². The predicted octanol–water partition coefficient (Wildman–Crippen LogP) is 4.00. The van der Waals surface area contributed by atoms with Crippen LogP contribution in [0, 0.1) is 11.8 Å². The average molecular weight is 272 g/mol. The van der Waals surface area contributed by atoms with Crippen molar-refractivity contribution in [3.8, 4) is 0 Å². The van der Waals surface area contributed by atoms with Gasteiger partial charge in [0.2, 0.25) is 5.89 Å². The zero-order valence-corrected chi connectivity index (χ0v) is 11.9. The smallest absolute Gasteiger partial charge is 0.315 e. The quantitative estimate of drug-likeness (QED) is 0.823. The molecule has 0 radical (unpaired) electrons. The molecule has 1 N–H and O–H groups in total. The van der Waals surface area contributed by atoms with Crippen molar-refractivity contribution in [2.24, 2.45) is 11.8 Å². The minimum Gasteiger partial charge on any atom is -0.407 e. The summed E-state index contributed by atoms with van der Waals surface area (Å²) in [6.45, 7) is 5.04. The Balaban J connectivity index is 1.74. The first-order valence-corrected chi connectivity index (χ1v) is 7.34. The topological polar surface area (TPSA) is 51.0 Å². The molecule has 5 heteroatoms. The van der Waals surface area contributed by atoms with Crippen LogP contribution in [-0.4, -0.2) is 16.7 Å². The fourth-order valence-corrected chi connectivity index (χ4v) is 2.63. The molecule has 1 saturated carbocycles. The monoisotopic (exact) mass is 271 g/mol. The van der Waals surface area contributed by atoms with E-state index in [1.54, 1.807) is 0 Å². The number of rotatable bonds is 5. The molecule has 2 rings (SSSR count). The van der Waals surface area contributed by atoms with Gasteiger partial charge in [0.15, 0.2) is 0 Å². The summed E-state index contributed by atoms with van der Waals surface area (Å²) < 4.78 is 5.41. The maximum atomic E-state index is 5.87. The van der Waals surface area contributed by atoms with E-state index in [1.165, 1.54) is 32.1 Å². The minimum absolute atomic E-state index is 0.229. The lowest BCUT2D eigenvalue weighted by molar-refractivity contribution is 0.277. The van der Waals surface area contributed by atoms with Crippen LogP contribution in [0.25, 0.3) is 0 Å². The zero-order valence-electron chi connectivity index (χ0n) is 11.2. The molecular weight excluding hydrogens is 250 g/mol. The summed E-state index contributed by atoms with van der Waals surface area (Å²) in [5.74, 6) is 2.15. The van der Waals surface area contributed by atoms with E-state index in [-0.39, 0.29) is 5.38 Å². The van der Waals surface area contributed by atoms with Gasteiger partial charge >= 0.3 is 6.01 Å². The van der Waals surface area contributed by atoms with E-state index in [0.717, 1.165) is 18.4 Å². The van der Waals surface area contributed by atoms with Crippen molar-refractivity contribution in [3.63, 3.8) is 0 Å². The van der Waals surface area contributed by atoms with Crippen LogP contribution in [0.5, 0.6) is 0 Å². The fraction of sp³-hybridized carbons (Fsp3) is 0.846. The molecule has 1 atom stereocenters. The molecule has 0 aromatic carbocycles. The summed E-state index contributed by atoms with van der Waals surface area (Å²) in [4.78, 5) is 0. The van der Waals surface area contributed by atoms with Crippen molar-refractivity contribution in [3.05, 3.63) is 5.89 Å². The molecule has 18 heavy (non-hydrogen) atoms. The molecule has 0 bridgehead atoms. The van der Waals surface area contributed by atoms with Gasteiger partial charge in [0.25, 0.3) is 0 Å². The largest absolute Gasteiger partial charge is 0.407 e. The molecule has 1 aromatic heterocycles. The zero-order chi connectivity index (χ0) is 13.0. The number of hydrogen-bond acceptors (Lipinski definition) is 4. The first-order chi connectivity index (χ1) is 8.69. The number of halogens is 1. The third-order valence-corrected chi connectivity index (χ3v) is 4.05. The van der Waals surface area contributed by atoms with Crippen LogP contribution in [0.15, 0.2) is 4.42 Å². The van der Waals surface area contributed by atoms with Crippen molar-refractivity contribution >= 4 is 17.6 Å². The predicted molar refractivity (Wildman–Crippen MR) is 72.8 cm³/mol. The summed E-state index contributed by atoms with van der Waals surface area (Å²) >= 11 is 5.87. The van der Waals surface area contributed by atoms with E-state index >= 15 is 0 Å². The Morgan fingerprint density at radius 3 is 2.50 bits per heavy atom. The number of hydrogen-bond donors (Lipinski definition) is 1. The van der Waals surface area contributed by atoms with Crippen molar-refractivity contribution < 1.29 is 4.42 Å².